The highest BCUT2D eigenvalue weighted by Crippen LogP contribution is 2.26. The van der Waals surface area contributed by atoms with Gasteiger partial charge in [-0.05, 0) is 26.0 Å². The Hall–Kier alpha value is -2.57. The van der Waals surface area contributed by atoms with Crippen molar-refractivity contribution in [2.45, 2.75) is 13.8 Å². The highest BCUT2D eigenvalue weighted by Gasteiger charge is 2.41. The second-order valence-corrected chi connectivity index (χ2v) is 4.80. The van der Waals surface area contributed by atoms with Gasteiger partial charge < -0.3 is 4.74 Å². The summed E-state index contributed by atoms with van der Waals surface area (Å²) in [7, 11) is 0. The van der Waals surface area contributed by atoms with E-state index in [2.05, 4.69) is 0 Å². The second kappa shape index (κ2) is 6.05. The van der Waals surface area contributed by atoms with Crippen LogP contribution in [0.15, 0.2) is 18.2 Å². The Morgan fingerprint density at radius 3 is 2.50 bits per heavy atom. The Labute approximate surface area is 125 Å². The third kappa shape index (κ3) is 2.61. The summed E-state index contributed by atoms with van der Waals surface area (Å²) >= 11 is 0. The number of ketones is 1. The van der Waals surface area contributed by atoms with E-state index in [0.29, 0.717) is 4.90 Å². The van der Waals surface area contributed by atoms with E-state index < -0.39 is 41.8 Å². The highest BCUT2D eigenvalue weighted by molar-refractivity contribution is 6.21. The molecule has 0 N–H and O–H groups in total. The number of imide groups is 1. The minimum absolute atomic E-state index is 0.0688. The van der Waals surface area contributed by atoms with Gasteiger partial charge in [0.1, 0.15) is 17.5 Å². The number of carbonyl (C=O) groups excluding carboxylic acids is 4. The molecule has 1 heterocycles. The number of hydrogen-bond acceptors (Lipinski definition) is 5. The van der Waals surface area contributed by atoms with Gasteiger partial charge in [-0.25, -0.2) is 4.39 Å². The lowest BCUT2D eigenvalue weighted by molar-refractivity contribution is -0.151. The maximum atomic E-state index is 13.7. The van der Waals surface area contributed by atoms with E-state index in [4.69, 9.17) is 4.74 Å². The van der Waals surface area contributed by atoms with Crippen LogP contribution in [0.4, 0.5) is 4.39 Å². The monoisotopic (exact) mass is 307 g/mol. The summed E-state index contributed by atoms with van der Waals surface area (Å²) in [5, 5.41) is 0. The van der Waals surface area contributed by atoms with Crippen molar-refractivity contribution in [2.24, 2.45) is 5.92 Å². The van der Waals surface area contributed by atoms with Gasteiger partial charge in [0, 0.05) is 6.54 Å². The Kier molecular flexibility index (Phi) is 4.35. The molecular formula is C15H14FNO5. The molecule has 22 heavy (non-hydrogen) atoms. The smallest absolute Gasteiger partial charge is 0.318 e. The largest absolute Gasteiger partial charge is 0.465 e. The Morgan fingerprint density at radius 1 is 1.27 bits per heavy atom. The van der Waals surface area contributed by atoms with Gasteiger partial charge in [0.2, 0.25) is 0 Å². The Morgan fingerprint density at radius 2 is 1.95 bits per heavy atom. The fourth-order valence-corrected chi connectivity index (χ4v) is 2.25. The van der Waals surface area contributed by atoms with Crippen molar-refractivity contribution in [2.75, 3.05) is 13.2 Å². The molecule has 2 amide bonds. The molecule has 0 saturated heterocycles. The topological polar surface area (TPSA) is 80.8 Å². The van der Waals surface area contributed by atoms with E-state index >= 15 is 0 Å². The molecule has 2 rings (SSSR count). The predicted molar refractivity (Wildman–Crippen MR) is 72.6 cm³/mol. The normalized spacial score (nSPS) is 14.8. The van der Waals surface area contributed by atoms with Gasteiger partial charge in [-0.2, -0.15) is 0 Å². The van der Waals surface area contributed by atoms with Gasteiger partial charge in [-0.1, -0.05) is 6.07 Å². The van der Waals surface area contributed by atoms with E-state index in [9.17, 15) is 23.6 Å². The number of ether oxygens (including phenoxy) is 1. The molecule has 0 saturated carbocycles. The number of amides is 2. The van der Waals surface area contributed by atoms with Crippen LogP contribution < -0.4 is 0 Å². The van der Waals surface area contributed by atoms with Crippen LogP contribution in [0.3, 0.4) is 0 Å². The summed E-state index contributed by atoms with van der Waals surface area (Å²) in [6.45, 7) is 2.35. The number of Topliss-reactive ketones (excluding diaryl/α,β-unsaturated/α-hetero) is 1. The molecule has 1 aliphatic heterocycles. The molecule has 116 valence electrons. The lowest BCUT2D eigenvalue weighted by Crippen LogP contribution is -2.40. The van der Waals surface area contributed by atoms with Crippen LogP contribution in [0.2, 0.25) is 0 Å². The van der Waals surface area contributed by atoms with Gasteiger partial charge in [0.15, 0.2) is 0 Å². The number of fused-ring (bicyclic) bond motifs is 1. The molecule has 1 aromatic rings. The van der Waals surface area contributed by atoms with Crippen molar-refractivity contribution < 1.29 is 28.3 Å². The zero-order chi connectivity index (χ0) is 16.4. The quantitative estimate of drug-likeness (QED) is 0.464. The first-order chi connectivity index (χ1) is 10.4. The van der Waals surface area contributed by atoms with Crippen molar-refractivity contribution in [1.29, 1.82) is 0 Å². The molecule has 0 radical (unpaired) electrons. The van der Waals surface area contributed by atoms with E-state index in [1.165, 1.54) is 19.1 Å². The van der Waals surface area contributed by atoms with Crippen molar-refractivity contribution in [3.05, 3.63) is 35.1 Å². The third-order valence-electron chi connectivity index (χ3n) is 3.38. The molecule has 1 atom stereocenters. The average molecular weight is 307 g/mol. The van der Waals surface area contributed by atoms with E-state index in [0.717, 1.165) is 6.07 Å². The molecule has 0 aromatic heterocycles. The zero-order valence-corrected chi connectivity index (χ0v) is 12.1. The van der Waals surface area contributed by atoms with Gasteiger partial charge in [-0.3, -0.25) is 24.1 Å². The summed E-state index contributed by atoms with van der Waals surface area (Å²) in [5.41, 5.74) is -0.408. The van der Waals surface area contributed by atoms with Crippen LogP contribution in [0.1, 0.15) is 34.6 Å². The summed E-state index contributed by atoms with van der Waals surface area (Å²) in [6.07, 6.45) is 0. The fraction of sp³-hybridized carbons (Fsp3) is 0.333. The van der Waals surface area contributed by atoms with Gasteiger partial charge in [-0.15, -0.1) is 0 Å². The van der Waals surface area contributed by atoms with Gasteiger partial charge in [0.05, 0.1) is 17.7 Å². The van der Waals surface area contributed by atoms with Crippen molar-refractivity contribution in [3.63, 3.8) is 0 Å². The van der Waals surface area contributed by atoms with Crippen molar-refractivity contribution >= 4 is 23.6 Å². The molecule has 1 aliphatic rings. The highest BCUT2D eigenvalue weighted by atomic mass is 19.1. The number of carbonyl (C=O) groups is 4. The summed E-state index contributed by atoms with van der Waals surface area (Å²) in [4.78, 5) is 48.4. The number of halogens is 1. The number of hydrogen-bond donors (Lipinski definition) is 0. The third-order valence-corrected chi connectivity index (χ3v) is 3.38. The number of benzene rings is 1. The van der Waals surface area contributed by atoms with Crippen LogP contribution in [0, 0.1) is 11.7 Å². The summed E-state index contributed by atoms with van der Waals surface area (Å²) in [6, 6.07) is 3.71. The molecule has 0 fully saturated rings. The van der Waals surface area contributed by atoms with E-state index in [1.54, 1.807) is 6.92 Å². The standard InChI is InChI=1S/C15H14FNO5/c1-3-22-15(21)10(8(2)18)7-17-13(19)9-5-4-6-11(16)12(9)14(17)20/h4-6,10H,3,7H2,1-2H3/t10-/m1/s1. The molecular weight excluding hydrogens is 293 g/mol. The molecule has 0 aliphatic carbocycles. The van der Waals surface area contributed by atoms with Crippen LogP contribution in [0.25, 0.3) is 0 Å². The first-order valence-electron chi connectivity index (χ1n) is 6.70. The van der Waals surface area contributed by atoms with E-state index in [1.807, 2.05) is 0 Å². The maximum absolute atomic E-state index is 13.7. The zero-order valence-electron chi connectivity index (χ0n) is 12.1. The Balaban J connectivity index is 2.29. The van der Waals surface area contributed by atoms with Crippen molar-refractivity contribution in [1.82, 2.24) is 4.90 Å². The number of esters is 1. The predicted octanol–water partition coefficient (Wildman–Crippen LogP) is 1.19. The van der Waals surface area contributed by atoms with Crippen LogP contribution >= 0.6 is 0 Å². The molecule has 0 bridgehead atoms. The minimum Gasteiger partial charge on any atom is -0.465 e. The lowest BCUT2D eigenvalue weighted by Gasteiger charge is -2.19. The van der Waals surface area contributed by atoms with Crippen LogP contribution in [-0.2, 0) is 14.3 Å². The SMILES string of the molecule is CCOC(=O)[C@H](CN1C(=O)c2cccc(F)c2C1=O)C(C)=O. The van der Waals surface area contributed by atoms with Crippen LogP contribution in [0.5, 0.6) is 0 Å². The summed E-state index contributed by atoms with van der Waals surface area (Å²) < 4.78 is 18.5. The molecule has 1 aromatic carbocycles. The molecule has 0 unspecified atom stereocenters. The average Bonchev–Trinajstić information content (AvgIpc) is 2.69. The first kappa shape index (κ1) is 15.8. The molecule has 7 heteroatoms. The lowest BCUT2D eigenvalue weighted by atomic mass is 10.1. The van der Waals surface area contributed by atoms with Crippen molar-refractivity contribution in [3.8, 4) is 0 Å². The van der Waals surface area contributed by atoms with Crippen LogP contribution in [-0.4, -0.2) is 41.6 Å². The Bertz CT molecular complexity index is 670. The number of rotatable bonds is 5. The minimum atomic E-state index is -1.27. The fourth-order valence-electron chi connectivity index (χ4n) is 2.25. The van der Waals surface area contributed by atoms with Gasteiger partial charge in [0.25, 0.3) is 11.8 Å². The van der Waals surface area contributed by atoms with Gasteiger partial charge >= 0.3 is 5.97 Å². The molecule has 6 nitrogen and oxygen atoms in total. The first-order valence-corrected chi connectivity index (χ1v) is 6.70. The summed E-state index contributed by atoms with van der Waals surface area (Å²) in [5.74, 6) is -5.01. The van der Waals surface area contributed by atoms with E-state index in [-0.39, 0.29) is 17.7 Å². The number of nitrogens with zero attached hydrogens (tertiary/aromatic N) is 1. The molecule has 0 spiro atoms. The second-order valence-electron chi connectivity index (χ2n) is 4.80. The maximum Gasteiger partial charge on any atom is 0.318 e.